The van der Waals surface area contributed by atoms with E-state index in [-0.39, 0.29) is 15.7 Å². The van der Waals surface area contributed by atoms with Crippen LogP contribution in [-0.4, -0.2) is 37.8 Å². The maximum absolute atomic E-state index is 10.7. The molecule has 0 fully saturated rings. The maximum atomic E-state index is 10.7. The quantitative estimate of drug-likeness (QED) is 0.442. The molecule has 0 atom stereocenters. The summed E-state index contributed by atoms with van der Waals surface area (Å²) < 4.78 is 6.07. The summed E-state index contributed by atoms with van der Waals surface area (Å²) in [6, 6.07) is 0. The van der Waals surface area contributed by atoms with Crippen LogP contribution in [0.15, 0.2) is 24.0 Å². The van der Waals surface area contributed by atoms with Gasteiger partial charge in [0.1, 0.15) is 0 Å². The van der Waals surface area contributed by atoms with E-state index in [2.05, 4.69) is 33.9 Å². The molecule has 0 aromatic rings. The molecule has 5 nitrogen and oxygen atoms in total. The van der Waals surface area contributed by atoms with E-state index in [9.17, 15) is 10.1 Å². The number of nitro groups is 1. The van der Waals surface area contributed by atoms with Gasteiger partial charge in [-0.2, -0.15) is 0 Å². The maximum Gasteiger partial charge on any atom is 0.284 e. The predicted molar refractivity (Wildman–Crippen MR) is 78.9 cm³/mol. The molecule has 0 unspecified atom stereocenters. The SMILES string of the molecule is CC(C)(C)[Si](C)(C)OCCN1C=C([N+](=O)[O-])C=CC1. The minimum absolute atomic E-state index is 0.138. The predicted octanol–water partition coefficient (Wildman–Crippen LogP) is 3.00. The first-order valence-corrected chi connectivity index (χ1v) is 9.45. The van der Waals surface area contributed by atoms with E-state index < -0.39 is 8.32 Å². The Morgan fingerprint density at radius 1 is 1.47 bits per heavy atom. The minimum atomic E-state index is -1.73. The molecule has 0 amide bonds. The second-order valence-corrected chi connectivity index (χ2v) is 11.1. The number of allylic oxidation sites excluding steroid dienone is 1. The van der Waals surface area contributed by atoms with Crippen molar-refractivity contribution in [1.82, 2.24) is 4.90 Å². The van der Waals surface area contributed by atoms with E-state index in [0.717, 1.165) is 0 Å². The van der Waals surface area contributed by atoms with Crippen molar-refractivity contribution in [1.29, 1.82) is 0 Å². The van der Waals surface area contributed by atoms with Gasteiger partial charge in [0, 0.05) is 19.2 Å². The summed E-state index contributed by atoms with van der Waals surface area (Å²) in [6.45, 7) is 13.0. The molecule has 0 radical (unpaired) electrons. The lowest BCUT2D eigenvalue weighted by atomic mass is 10.2. The fraction of sp³-hybridized carbons (Fsp3) is 0.692. The third-order valence-corrected chi connectivity index (χ3v) is 8.34. The van der Waals surface area contributed by atoms with Crippen LogP contribution in [0.25, 0.3) is 0 Å². The van der Waals surface area contributed by atoms with Crippen LogP contribution in [0.2, 0.25) is 18.1 Å². The number of nitrogens with zero attached hydrogens (tertiary/aromatic N) is 2. The van der Waals surface area contributed by atoms with Gasteiger partial charge in [0.05, 0.1) is 17.7 Å². The lowest BCUT2D eigenvalue weighted by molar-refractivity contribution is -0.420. The van der Waals surface area contributed by atoms with Crippen molar-refractivity contribution < 1.29 is 9.35 Å². The van der Waals surface area contributed by atoms with Crippen molar-refractivity contribution in [2.45, 2.75) is 38.9 Å². The van der Waals surface area contributed by atoms with Crippen molar-refractivity contribution in [2.24, 2.45) is 0 Å². The third kappa shape index (κ3) is 4.47. The molecule has 1 heterocycles. The molecule has 0 saturated carbocycles. The summed E-state index contributed by atoms with van der Waals surface area (Å²) >= 11 is 0. The molecule has 0 aromatic heterocycles. The molecule has 0 N–H and O–H groups in total. The molecular weight excluding hydrogens is 260 g/mol. The highest BCUT2D eigenvalue weighted by Crippen LogP contribution is 2.36. The van der Waals surface area contributed by atoms with Crippen LogP contribution in [0.4, 0.5) is 0 Å². The van der Waals surface area contributed by atoms with Crippen LogP contribution < -0.4 is 0 Å². The van der Waals surface area contributed by atoms with Crippen LogP contribution >= 0.6 is 0 Å². The highest BCUT2D eigenvalue weighted by atomic mass is 28.4. The van der Waals surface area contributed by atoms with Gasteiger partial charge in [-0.25, -0.2) is 0 Å². The Morgan fingerprint density at radius 2 is 2.11 bits per heavy atom. The largest absolute Gasteiger partial charge is 0.415 e. The lowest BCUT2D eigenvalue weighted by Crippen LogP contribution is -2.42. The summed E-state index contributed by atoms with van der Waals surface area (Å²) in [4.78, 5) is 12.3. The average Bonchev–Trinajstić information content (AvgIpc) is 2.27. The summed E-state index contributed by atoms with van der Waals surface area (Å²) in [5.74, 6) is 0. The first kappa shape index (κ1) is 15.9. The zero-order chi connectivity index (χ0) is 14.7. The Kier molecular flexibility index (Phi) is 4.92. The zero-order valence-corrected chi connectivity index (χ0v) is 13.5. The summed E-state index contributed by atoms with van der Waals surface area (Å²) in [7, 11) is -1.73. The fourth-order valence-electron chi connectivity index (χ4n) is 1.49. The van der Waals surface area contributed by atoms with Crippen LogP contribution in [0.1, 0.15) is 20.8 Å². The molecule has 1 aliphatic heterocycles. The van der Waals surface area contributed by atoms with E-state index >= 15 is 0 Å². The molecular formula is C13H24N2O3Si. The molecule has 19 heavy (non-hydrogen) atoms. The van der Waals surface area contributed by atoms with Crippen molar-refractivity contribution in [3.8, 4) is 0 Å². The fourth-order valence-corrected chi connectivity index (χ4v) is 2.52. The van der Waals surface area contributed by atoms with Crippen LogP contribution in [-0.2, 0) is 4.43 Å². The lowest BCUT2D eigenvalue weighted by Gasteiger charge is -2.36. The van der Waals surface area contributed by atoms with Crippen molar-refractivity contribution in [3.63, 3.8) is 0 Å². The monoisotopic (exact) mass is 284 g/mol. The summed E-state index contributed by atoms with van der Waals surface area (Å²) in [5, 5.41) is 10.9. The van der Waals surface area contributed by atoms with Gasteiger partial charge in [-0.15, -0.1) is 0 Å². The second kappa shape index (κ2) is 5.88. The smallest absolute Gasteiger partial charge is 0.284 e. The molecule has 0 aliphatic carbocycles. The van der Waals surface area contributed by atoms with E-state index in [1.54, 1.807) is 12.3 Å². The van der Waals surface area contributed by atoms with Gasteiger partial charge >= 0.3 is 0 Å². The van der Waals surface area contributed by atoms with Gasteiger partial charge in [-0.3, -0.25) is 10.1 Å². The normalized spacial score (nSPS) is 16.5. The van der Waals surface area contributed by atoms with Crippen LogP contribution in [0, 0.1) is 10.1 Å². The van der Waals surface area contributed by atoms with Crippen molar-refractivity contribution in [3.05, 3.63) is 34.2 Å². The Hall–Kier alpha value is -1.14. The van der Waals surface area contributed by atoms with Gasteiger partial charge in [0.15, 0.2) is 8.32 Å². The molecule has 108 valence electrons. The van der Waals surface area contributed by atoms with Crippen molar-refractivity contribution in [2.75, 3.05) is 19.7 Å². The summed E-state index contributed by atoms with van der Waals surface area (Å²) in [6.07, 6.45) is 4.95. The Morgan fingerprint density at radius 3 is 2.63 bits per heavy atom. The molecule has 1 rings (SSSR count). The van der Waals surface area contributed by atoms with Gasteiger partial charge in [-0.1, -0.05) is 26.8 Å². The van der Waals surface area contributed by atoms with E-state index in [4.69, 9.17) is 4.43 Å². The Labute approximate surface area is 116 Å². The summed E-state index contributed by atoms with van der Waals surface area (Å²) in [5.41, 5.74) is 0.138. The first-order valence-electron chi connectivity index (χ1n) is 6.54. The van der Waals surface area contributed by atoms with Gasteiger partial charge in [0.2, 0.25) is 0 Å². The highest BCUT2D eigenvalue weighted by Gasteiger charge is 2.36. The Bertz CT molecular complexity index is 397. The second-order valence-electron chi connectivity index (χ2n) is 6.32. The average molecular weight is 284 g/mol. The third-order valence-electron chi connectivity index (χ3n) is 3.80. The molecule has 0 bridgehead atoms. The van der Waals surface area contributed by atoms with Crippen molar-refractivity contribution >= 4 is 8.32 Å². The molecule has 0 saturated heterocycles. The van der Waals surface area contributed by atoms with E-state index in [1.165, 1.54) is 0 Å². The van der Waals surface area contributed by atoms with Gasteiger partial charge in [-0.05, 0) is 18.1 Å². The number of rotatable bonds is 5. The molecule has 0 aromatic carbocycles. The number of hydrogen-bond acceptors (Lipinski definition) is 4. The van der Waals surface area contributed by atoms with Crippen LogP contribution in [0.3, 0.4) is 0 Å². The first-order chi connectivity index (χ1) is 8.63. The van der Waals surface area contributed by atoms with Crippen LogP contribution in [0.5, 0.6) is 0 Å². The topological polar surface area (TPSA) is 55.6 Å². The standard InChI is InChI=1S/C13H24N2O3Si/c1-13(2,3)19(4,5)18-10-9-14-8-6-7-12(11-14)15(16)17/h6-7,11H,8-10H2,1-5H3. The molecule has 1 aliphatic rings. The highest BCUT2D eigenvalue weighted by molar-refractivity contribution is 6.74. The number of hydrogen-bond donors (Lipinski definition) is 0. The van der Waals surface area contributed by atoms with Gasteiger partial charge < -0.3 is 9.33 Å². The van der Waals surface area contributed by atoms with Gasteiger partial charge in [0.25, 0.3) is 5.70 Å². The molecule has 0 spiro atoms. The van der Waals surface area contributed by atoms with E-state index in [0.29, 0.717) is 19.7 Å². The Balaban J connectivity index is 2.47. The van der Waals surface area contributed by atoms with E-state index in [1.807, 2.05) is 11.0 Å². The minimum Gasteiger partial charge on any atom is -0.415 e. The zero-order valence-electron chi connectivity index (χ0n) is 12.5. The molecule has 6 heteroatoms.